The van der Waals surface area contributed by atoms with Gasteiger partial charge in [0, 0.05) is 18.2 Å². The summed E-state index contributed by atoms with van der Waals surface area (Å²) in [5, 5.41) is 7.86. The molecule has 1 saturated heterocycles. The fraction of sp³-hybridized carbons (Fsp3) is 0.435. The van der Waals surface area contributed by atoms with E-state index in [1.54, 1.807) is 44.3 Å². The first-order valence-electron chi connectivity index (χ1n) is 10.9. The van der Waals surface area contributed by atoms with Crippen LogP contribution in [0.5, 0.6) is 0 Å². The zero-order valence-electron chi connectivity index (χ0n) is 18.4. The second-order valence-corrected chi connectivity index (χ2v) is 11.1. The maximum Gasteiger partial charge on any atom is 0.158 e. The van der Waals surface area contributed by atoms with Crippen LogP contribution in [0.2, 0.25) is 0 Å². The van der Waals surface area contributed by atoms with E-state index in [0.717, 1.165) is 37.3 Å². The van der Waals surface area contributed by atoms with Gasteiger partial charge in [-0.3, -0.25) is 9.88 Å². The van der Waals surface area contributed by atoms with Gasteiger partial charge in [-0.1, -0.05) is 23.4 Å². The van der Waals surface area contributed by atoms with Crippen molar-refractivity contribution in [2.45, 2.75) is 50.2 Å². The highest BCUT2D eigenvalue weighted by Crippen LogP contribution is 2.28. The van der Waals surface area contributed by atoms with Gasteiger partial charge >= 0.3 is 0 Å². The first kappa shape index (κ1) is 22.5. The zero-order valence-corrected chi connectivity index (χ0v) is 19.2. The number of benzene rings is 1. The normalized spacial score (nSPS) is 16.0. The molecule has 2 aromatic heterocycles. The Morgan fingerprint density at radius 3 is 2.53 bits per heavy atom. The van der Waals surface area contributed by atoms with Crippen LogP contribution in [0.25, 0.3) is 5.69 Å². The number of para-hydroxylation sites is 1. The van der Waals surface area contributed by atoms with Crippen molar-refractivity contribution in [2.24, 2.45) is 0 Å². The number of halogens is 1. The fourth-order valence-electron chi connectivity index (χ4n) is 3.92. The molecule has 1 aromatic carbocycles. The summed E-state index contributed by atoms with van der Waals surface area (Å²) in [6, 6.07) is 12.2. The Kier molecular flexibility index (Phi) is 6.66. The predicted molar refractivity (Wildman–Crippen MR) is 121 cm³/mol. The molecular weight excluding hydrogens is 429 g/mol. The molecule has 0 unspecified atom stereocenters. The van der Waals surface area contributed by atoms with E-state index in [0.29, 0.717) is 23.8 Å². The number of likely N-dealkylation sites (tertiary alicyclic amines) is 1. The van der Waals surface area contributed by atoms with E-state index in [1.807, 2.05) is 12.1 Å². The summed E-state index contributed by atoms with van der Waals surface area (Å²) in [5.41, 5.74) is 2.76. The summed E-state index contributed by atoms with van der Waals surface area (Å²) in [6.07, 6.45) is 3.65. The standard InChI is InChI=1S/C23H28FN5O2S/c1-17(2)32(30,31)16-19-6-5-8-22(25-19)18-10-12-28(13-11-18)14-20-15-29(27-26-20)23-9-4-3-7-21(23)24/h3-9,15,17-18H,10-14,16H2,1-2H3. The number of nitrogens with zero attached hydrogens (tertiary/aromatic N) is 5. The molecule has 3 heterocycles. The Morgan fingerprint density at radius 2 is 1.81 bits per heavy atom. The fourth-order valence-corrected chi connectivity index (χ4v) is 4.83. The van der Waals surface area contributed by atoms with Crippen molar-refractivity contribution in [3.05, 3.63) is 71.6 Å². The van der Waals surface area contributed by atoms with Gasteiger partial charge in [-0.15, -0.1) is 5.10 Å². The summed E-state index contributed by atoms with van der Waals surface area (Å²) in [4.78, 5) is 6.96. The summed E-state index contributed by atoms with van der Waals surface area (Å²) in [5.74, 6) is -0.0441. The van der Waals surface area contributed by atoms with Crippen LogP contribution in [0.1, 0.15) is 49.7 Å². The average molecular weight is 458 g/mol. The Bertz CT molecular complexity index is 1170. The summed E-state index contributed by atoms with van der Waals surface area (Å²) in [7, 11) is -3.17. The van der Waals surface area contributed by atoms with Crippen LogP contribution in [-0.4, -0.2) is 51.6 Å². The molecule has 3 aromatic rings. The molecule has 0 amide bonds. The molecule has 1 aliphatic rings. The topological polar surface area (TPSA) is 81.0 Å². The maximum absolute atomic E-state index is 14.0. The van der Waals surface area contributed by atoms with Crippen LogP contribution < -0.4 is 0 Å². The smallest absolute Gasteiger partial charge is 0.158 e. The lowest BCUT2D eigenvalue weighted by molar-refractivity contribution is 0.201. The monoisotopic (exact) mass is 457 g/mol. The summed E-state index contributed by atoms with van der Waals surface area (Å²) in [6.45, 7) is 5.82. The van der Waals surface area contributed by atoms with Crippen molar-refractivity contribution in [1.29, 1.82) is 0 Å². The molecule has 32 heavy (non-hydrogen) atoms. The molecule has 0 spiro atoms. The molecule has 170 valence electrons. The number of aromatic nitrogens is 4. The first-order valence-corrected chi connectivity index (χ1v) is 12.6. The van der Waals surface area contributed by atoms with E-state index < -0.39 is 15.1 Å². The van der Waals surface area contributed by atoms with Gasteiger partial charge in [0.05, 0.1) is 28.6 Å². The minimum atomic E-state index is -3.17. The molecule has 1 fully saturated rings. The van der Waals surface area contributed by atoms with Gasteiger partial charge in [-0.2, -0.15) is 0 Å². The zero-order chi connectivity index (χ0) is 22.7. The van der Waals surface area contributed by atoms with Crippen molar-refractivity contribution in [1.82, 2.24) is 24.9 Å². The van der Waals surface area contributed by atoms with Gasteiger partial charge in [0.2, 0.25) is 0 Å². The van der Waals surface area contributed by atoms with E-state index in [2.05, 4.69) is 20.2 Å². The second-order valence-electron chi connectivity index (χ2n) is 8.57. The number of rotatable bonds is 7. The van der Waals surface area contributed by atoms with Gasteiger partial charge in [0.15, 0.2) is 9.84 Å². The van der Waals surface area contributed by atoms with Crippen molar-refractivity contribution in [3.63, 3.8) is 0 Å². The summed E-state index contributed by atoms with van der Waals surface area (Å²) < 4.78 is 39.9. The quantitative estimate of drug-likeness (QED) is 0.540. The molecule has 4 rings (SSSR count). The lowest BCUT2D eigenvalue weighted by Gasteiger charge is -2.31. The van der Waals surface area contributed by atoms with Gasteiger partial charge < -0.3 is 0 Å². The van der Waals surface area contributed by atoms with Crippen molar-refractivity contribution < 1.29 is 12.8 Å². The van der Waals surface area contributed by atoms with Gasteiger partial charge in [-0.25, -0.2) is 17.5 Å². The maximum atomic E-state index is 14.0. The highest BCUT2D eigenvalue weighted by Gasteiger charge is 2.24. The molecule has 0 bridgehead atoms. The Labute approximate surface area is 188 Å². The molecule has 0 atom stereocenters. The average Bonchev–Trinajstić information content (AvgIpc) is 3.22. The number of sulfone groups is 1. The van der Waals surface area contributed by atoms with E-state index in [9.17, 15) is 12.8 Å². The third-order valence-electron chi connectivity index (χ3n) is 5.93. The largest absolute Gasteiger partial charge is 0.297 e. The van der Waals surface area contributed by atoms with Crippen molar-refractivity contribution in [2.75, 3.05) is 13.1 Å². The highest BCUT2D eigenvalue weighted by molar-refractivity contribution is 7.91. The van der Waals surface area contributed by atoms with Crippen LogP contribution in [0, 0.1) is 5.82 Å². The minimum absolute atomic E-state index is 0.0188. The Balaban J connectivity index is 1.35. The molecular formula is C23H28FN5O2S. The van der Waals surface area contributed by atoms with Gasteiger partial charge in [0.1, 0.15) is 11.5 Å². The number of hydrogen-bond acceptors (Lipinski definition) is 6. The van der Waals surface area contributed by atoms with Crippen LogP contribution in [0.4, 0.5) is 4.39 Å². The predicted octanol–water partition coefficient (Wildman–Crippen LogP) is 3.50. The lowest BCUT2D eigenvalue weighted by atomic mass is 9.93. The van der Waals surface area contributed by atoms with Crippen molar-refractivity contribution in [3.8, 4) is 5.69 Å². The van der Waals surface area contributed by atoms with Crippen LogP contribution >= 0.6 is 0 Å². The third kappa shape index (κ3) is 5.21. The van der Waals surface area contributed by atoms with Crippen LogP contribution in [-0.2, 0) is 22.1 Å². The highest BCUT2D eigenvalue weighted by atomic mass is 32.2. The third-order valence-corrected chi connectivity index (χ3v) is 8.06. The van der Waals surface area contributed by atoms with E-state index in [4.69, 9.17) is 0 Å². The lowest BCUT2D eigenvalue weighted by Crippen LogP contribution is -2.32. The Hall–Kier alpha value is -2.65. The molecule has 0 saturated carbocycles. The minimum Gasteiger partial charge on any atom is -0.297 e. The molecule has 1 aliphatic heterocycles. The molecule has 7 nitrogen and oxygen atoms in total. The van der Waals surface area contributed by atoms with Crippen LogP contribution in [0.15, 0.2) is 48.7 Å². The van der Waals surface area contributed by atoms with E-state index >= 15 is 0 Å². The van der Waals surface area contributed by atoms with Gasteiger partial charge in [-0.05, 0) is 64.0 Å². The van der Waals surface area contributed by atoms with Crippen molar-refractivity contribution >= 4 is 9.84 Å². The number of hydrogen-bond donors (Lipinski definition) is 0. The SMILES string of the molecule is CC(C)S(=O)(=O)Cc1cccc(C2CCN(Cc3cn(-c4ccccc4F)nn3)CC2)n1. The summed E-state index contributed by atoms with van der Waals surface area (Å²) >= 11 is 0. The van der Waals surface area contributed by atoms with Crippen LogP contribution in [0.3, 0.4) is 0 Å². The molecule has 9 heteroatoms. The molecule has 0 radical (unpaired) electrons. The first-order chi connectivity index (χ1) is 15.3. The van der Waals surface area contributed by atoms with Gasteiger partial charge in [0.25, 0.3) is 0 Å². The second kappa shape index (κ2) is 9.46. The van der Waals surface area contributed by atoms with E-state index in [1.165, 1.54) is 10.7 Å². The number of pyridine rings is 1. The van der Waals surface area contributed by atoms with E-state index in [-0.39, 0.29) is 11.6 Å². The molecule has 0 N–H and O–H groups in total. The number of piperidine rings is 1. The molecule has 0 aliphatic carbocycles. The Morgan fingerprint density at radius 1 is 1.06 bits per heavy atom.